The van der Waals surface area contributed by atoms with Gasteiger partial charge in [-0.05, 0) is 60.8 Å². The molecule has 0 radical (unpaired) electrons. The standard InChI is InChI=1S/C17H24ClN/c1-2-17(7-3-4-8-17)12-19-16-10-13-5-6-15(18)9-14(13)11-16/h5-6,9,16,19H,2-4,7-8,10-12H2,1H3. The largest absolute Gasteiger partial charge is 0.313 e. The van der Waals surface area contributed by atoms with Gasteiger partial charge in [0.25, 0.3) is 0 Å². The first-order valence-electron chi connectivity index (χ1n) is 7.71. The molecule has 1 saturated carbocycles. The monoisotopic (exact) mass is 277 g/mol. The van der Waals surface area contributed by atoms with Gasteiger partial charge >= 0.3 is 0 Å². The maximum Gasteiger partial charge on any atom is 0.0408 e. The smallest absolute Gasteiger partial charge is 0.0408 e. The molecule has 19 heavy (non-hydrogen) atoms. The molecular formula is C17H24ClN. The first kappa shape index (κ1) is 13.5. The van der Waals surface area contributed by atoms with Gasteiger partial charge in [-0.3, -0.25) is 0 Å². The zero-order valence-electron chi connectivity index (χ0n) is 11.8. The summed E-state index contributed by atoms with van der Waals surface area (Å²) >= 11 is 6.08. The van der Waals surface area contributed by atoms with Gasteiger partial charge in [-0.25, -0.2) is 0 Å². The van der Waals surface area contributed by atoms with Crippen molar-refractivity contribution in [3.8, 4) is 0 Å². The van der Waals surface area contributed by atoms with Crippen molar-refractivity contribution in [2.75, 3.05) is 6.54 Å². The van der Waals surface area contributed by atoms with Crippen LogP contribution in [0.25, 0.3) is 0 Å². The Hall–Kier alpha value is -0.530. The Morgan fingerprint density at radius 2 is 1.95 bits per heavy atom. The Morgan fingerprint density at radius 3 is 2.68 bits per heavy atom. The maximum absolute atomic E-state index is 6.08. The van der Waals surface area contributed by atoms with Gasteiger partial charge in [0.2, 0.25) is 0 Å². The highest BCUT2D eigenvalue weighted by Gasteiger charge is 2.33. The predicted octanol–water partition coefficient (Wildman–Crippen LogP) is 4.37. The summed E-state index contributed by atoms with van der Waals surface area (Å²) in [7, 11) is 0. The number of benzene rings is 1. The molecule has 0 spiro atoms. The minimum atomic E-state index is 0.590. The molecule has 1 fully saturated rings. The second-order valence-electron chi connectivity index (χ2n) is 6.46. The van der Waals surface area contributed by atoms with E-state index < -0.39 is 0 Å². The highest BCUT2D eigenvalue weighted by Crippen LogP contribution is 2.40. The molecule has 0 saturated heterocycles. The molecular weight excluding hydrogens is 254 g/mol. The molecule has 0 amide bonds. The molecule has 0 aliphatic heterocycles. The van der Waals surface area contributed by atoms with Gasteiger partial charge in [0.15, 0.2) is 0 Å². The Labute approximate surface area is 121 Å². The Bertz CT molecular complexity index is 449. The third-order valence-corrected chi connectivity index (χ3v) is 5.52. The molecule has 1 nitrogen and oxygen atoms in total. The minimum absolute atomic E-state index is 0.590. The Balaban J connectivity index is 1.58. The predicted molar refractivity (Wildman–Crippen MR) is 81.8 cm³/mol. The van der Waals surface area contributed by atoms with E-state index in [2.05, 4.69) is 24.4 Å². The fourth-order valence-electron chi connectivity index (χ4n) is 3.87. The summed E-state index contributed by atoms with van der Waals surface area (Å²) in [5, 5.41) is 4.71. The van der Waals surface area contributed by atoms with Crippen molar-refractivity contribution in [2.45, 2.75) is 57.9 Å². The maximum atomic E-state index is 6.08. The van der Waals surface area contributed by atoms with Crippen LogP contribution in [0.2, 0.25) is 5.02 Å². The van der Waals surface area contributed by atoms with Crippen molar-refractivity contribution in [1.82, 2.24) is 5.32 Å². The topological polar surface area (TPSA) is 12.0 Å². The van der Waals surface area contributed by atoms with Crippen LogP contribution in [0.4, 0.5) is 0 Å². The van der Waals surface area contributed by atoms with Crippen LogP contribution in [0.5, 0.6) is 0 Å². The summed E-state index contributed by atoms with van der Waals surface area (Å²) in [6, 6.07) is 6.99. The normalized spacial score (nSPS) is 24.6. The molecule has 2 aliphatic rings. The van der Waals surface area contributed by atoms with E-state index in [1.165, 1.54) is 56.2 Å². The first-order chi connectivity index (χ1) is 9.21. The summed E-state index contributed by atoms with van der Waals surface area (Å²) in [4.78, 5) is 0. The second-order valence-corrected chi connectivity index (χ2v) is 6.90. The van der Waals surface area contributed by atoms with Crippen molar-refractivity contribution >= 4 is 11.6 Å². The third kappa shape index (κ3) is 2.83. The highest BCUT2D eigenvalue weighted by molar-refractivity contribution is 6.30. The van der Waals surface area contributed by atoms with Crippen LogP contribution in [-0.4, -0.2) is 12.6 Å². The average Bonchev–Trinajstić information content (AvgIpc) is 3.02. The van der Waals surface area contributed by atoms with E-state index in [4.69, 9.17) is 11.6 Å². The van der Waals surface area contributed by atoms with Gasteiger partial charge in [0.05, 0.1) is 0 Å². The molecule has 1 aromatic carbocycles. The quantitative estimate of drug-likeness (QED) is 0.862. The second kappa shape index (κ2) is 5.46. The van der Waals surface area contributed by atoms with E-state index in [1.807, 2.05) is 6.07 Å². The van der Waals surface area contributed by atoms with Crippen molar-refractivity contribution in [2.24, 2.45) is 5.41 Å². The zero-order valence-corrected chi connectivity index (χ0v) is 12.6. The van der Waals surface area contributed by atoms with Crippen molar-refractivity contribution in [1.29, 1.82) is 0 Å². The van der Waals surface area contributed by atoms with Crippen LogP contribution in [0.3, 0.4) is 0 Å². The summed E-state index contributed by atoms with van der Waals surface area (Å²) in [6.45, 7) is 3.56. The molecule has 2 heteroatoms. The molecule has 1 atom stereocenters. The lowest BCUT2D eigenvalue weighted by atomic mass is 9.83. The van der Waals surface area contributed by atoms with Crippen LogP contribution in [0, 0.1) is 5.41 Å². The Morgan fingerprint density at radius 1 is 1.21 bits per heavy atom. The van der Waals surface area contributed by atoms with E-state index in [0.717, 1.165) is 11.4 Å². The van der Waals surface area contributed by atoms with Gasteiger partial charge < -0.3 is 5.32 Å². The summed E-state index contributed by atoms with van der Waals surface area (Å²) in [6.07, 6.45) is 9.34. The summed E-state index contributed by atoms with van der Waals surface area (Å²) in [5.74, 6) is 0. The Kier molecular flexibility index (Phi) is 3.86. The van der Waals surface area contributed by atoms with E-state index in [-0.39, 0.29) is 0 Å². The number of nitrogens with one attached hydrogen (secondary N) is 1. The van der Waals surface area contributed by atoms with Crippen LogP contribution >= 0.6 is 11.6 Å². The molecule has 104 valence electrons. The van der Waals surface area contributed by atoms with Crippen LogP contribution in [-0.2, 0) is 12.8 Å². The molecule has 3 rings (SSSR count). The molecule has 0 aromatic heterocycles. The number of hydrogen-bond donors (Lipinski definition) is 1. The van der Waals surface area contributed by atoms with Gasteiger partial charge in [0.1, 0.15) is 0 Å². The SMILES string of the molecule is CCC1(CNC2Cc3ccc(Cl)cc3C2)CCCC1. The summed E-state index contributed by atoms with van der Waals surface area (Å²) < 4.78 is 0. The van der Waals surface area contributed by atoms with Crippen LogP contribution < -0.4 is 5.32 Å². The highest BCUT2D eigenvalue weighted by atomic mass is 35.5. The van der Waals surface area contributed by atoms with Crippen LogP contribution in [0.15, 0.2) is 18.2 Å². The van der Waals surface area contributed by atoms with Gasteiger partial charge in [-0.15, -0.1) is 0 Å². The number of hydrogen-bond acceptors (Lipinski definition) is 1. The van der Waals surface area contributed by atoms with Crippen molar-refractivity contribution in [3.05, 3.63) is 34.3 Å². The lowest BCUT2D eigenvalue weighted by Gasteiger charge is -2.29. The molecule has 2 aliphatic carbocycles. The van der Waals surface area contributed by atoms with Crippen molar-refractivity contribution < 1.29 is 0 Å². The minimum Gasteiger partial charge on any atom is -0.313 e. The molecule has 1 aromatic rings. The van der Waals surface area contributed by atoms with Crippen LogP contribution in [0.1, 0.15) is 50.2 Å². The van der Waals surface area contributed by atoms with Gasteiger partial charge in [-0.1, -0.05) is 37.4 Å². The van der Waals surface area contributed by atoms with Crippen molar-refractivity contribution in [3.63, 3.8) is 0 Å². The van der Waals surface area contributed by atoms with Gasteiger partial charge in [-0.2, -0.15) is 0 Å². The number of rotatable bonds is 4. The average molecular weight is 278 g/mol. The fraction of sp³-hybridized carbons (Fsp3) is 0.647. The lowest BCUT2D eigenvalue weighted by molar-refractivity contribution is 0.256. The lowest BCUT2D eigenvalue weighted by Crippen LogP contribution is -2.38. The zero-order chi connectivity index (χ0) is 13.3. The number of halogens is 1. The fourth-order valence-corrected chi connectivity index (χ4v) is 4.07. The first-order valence-corrected chi connectivity index (χ1v) is 8.09. The van der Waals surface area contributed by atoms with E-state index in [9.17, 15) is 0 Å². The van der Waals surface area contributed by atoms with E-state index >= 15 is 0 Å². The van der Waals surface area contributed by atoms with E-state index in [0.29, 0.717) is 11.5 Å². The molecule has 0 bridgehead atoms. The number of fused-ring (bicyclic) bond motifs is 1. The molecule has 0 heterocycles. The third-order valence-electron chi connectivity index (χ3n) is 5.28. The molecule has 1 N–H and O–H groups in total. The summed E-state index contributed by atoms with van der Waals surface area (Å²) in [5.41, 5.74) is 3.52. The molecule has 1 unspecified atom stereocenters. The van der Waals surface area contributed by atoms with Gasteiger partial charge in [0, 0.05) is 17.6 Å². The van der Waals surface area contributed by atoms with E-state index in [1.54, 1.807) is 0 Å².